The molecule has 142 valence electrons. The van der Waals surface area contributed by atoms with E-state index in [9.17, 15) is 18.0 Å². The summed E-state index contributed by atoms with van der Waals surface area (Å²) in [6.45, 7) is 2.06. The lowest BCUT2D eigenvalue weighted by Gasteiger charge is -2.32. The molecule has 26 heavy (non-hydrogen) atoms. The van der Waals surface area contributed by atoms with Gasteiger partial charge in [0.2, 0.25) is 0 Å². The van der Waals surface area contributed by atoms with Crippen LogP contribution in [0.1, 0.15) is 34.6 Å². The number of carbonyl (C=O) groups is 1. The number of rotatable bonds is 3. The first kappa shape index (κ1) is 21.0. The average Bonchev–Trinajstić information content (AvgIpc) is 2.93. The van der Waals surface area contributed by atoms with Crippen molar-refractivity contribution in [3.8, 4) is 0 Å². The monoisotopic (exact) mass is 499 g/mol. The lowest BCUT2D eigenvalue weighted by Crippen LogP contribution is -2.43. The number of methoxy groups -OCH3 is 1. The second-order valence-corrected chi connectivity index (χ2v) is 6.98. The van der Waals surface area contributed by atoms with Crippen molar-refractivity contribution >= 4 is 47.7 Å². The summed E-state index contributed by atoms with van der Waals surface area (Å²) in [5, 5.41) is 4.20. The first-order valence-corrected chi connectivity index (χ1v) is 8.56. The Labute approximate surface area is 169 Å². The number of alkyl halides is 3. The molecule has 1 aliphatic heterocycles. The molecule has 0 bridgehead atoms. The summed E-state index contributed by atoms with van der Waals surface area (Å²) >= 11 is 2.03. The fraction of sp³-hybridized carbons (Fsp3) is 0.375. The van der Waals surface area contributed by atoms with Gasteiger partial charge in [-0.15, -0.1) is 0 Å². The minimum atomic E-state index is -4.47. The zero-order valence-corrected chi connectivity index (χ0v) is 17.1. The van der Waals surface area contributed by atoms with E-state index in [0.717, 1.165) is 6.07 Å². The van der Waals surface area contributed by atoms with Crippen molar-refractivity contribution in [1.82, 2.24) is 9.78 Å². The van der Waals surface area contributed by atoms with Crippen LogP contribution in [0.5, 0.6) is 0 Å². The molecule has 2 aromatic rings. The third-order valence-electron chi connectivity index (χ3n) is 4.07. The van der Waals surface area contributed by atoms with E-state index in [1.807, 2.05) is 29.5 Å². The van der Waals surface area contributed by atoms with Crippen LogP contribution in [0, 0.1) is 3.57 Å². The number of aromatic nitrogens is 2. The van der Waals surface area contributed by atoms with Gasteiger partial charge in [-0.25, -0.2) is 0 Å². The summed E-state index contributed by atoms with van der Waals surface area (Å²) in [6.07, 6.45) is -2.86. The highest BCUT2D eigenvalue weighted by Gasteiger charge is 2.36. The predicted molar refractivity (Wildman–Crippen MR) is 104 cm³/mol. The van der Waals surface area contributed by atoms with Crippen molar-refractivity contribution in [2.45, 2.75) is 25.7 Å². The highest BCUT2D eigenvalue weighted by atomic mass is 127. The fourth-order valence-corrected chi connectivity index (χ4v) is 3.55. The van der Waals surface area contributed by atoms with Crippen molar-refractivity contribution in [2.24, 2.45) is 0 Å². The molecule has 0 radical (unpaired) electrons. The van der Waals surface area contributed by atoms with Gasteiger partial charge in [-0.05, 0) is 53.3 Å². The molecular weight excluding hydrogens is 482 g/mol. The van der Waals surface area contributed by atoms with Gasteiger partial charge in [0.1, 0.15) is 5.69 Å². The summed E-state index contributed by atoms with van der Waals surface area (Å²) < 4.78 is 46.7. The van der Waals surface area contributed by atoms with Gasteiger partial charge >= 0.3 is 6.18 Å². The molecule has 3 rings (SSSR count). The molecule has 1 aromatic carbocycles. The molecular formula is C16H17F3IN3O2S. The van der Waals surface area contributed by atoms with Crippen molar-refractivity contribution in [1.29, 1.82) is 0 Å². The first-order chi connectivity index (χ1) is 11.7. The molecule has 1 atom stereocenters. The topological polar surface area (TPSA) is 47.4 Å². The van der Waals surface area contributed by atoms with E-state index in [-0.39, 0.29) is 37.6 Å². The smallest absolute Gasteiger partial charge is 0.380 e. The zero-order valence-electron chi connectivity index (χ0n) is 14.0. The third kappa shape index (κ3) is 3.72. The Morgan fingerprint density at radius 3 is 2.69 bits per heavy atom. The number of benzene rings is 1. The molecule has 0 saturated carbocycles. The Kier molecular flexibility index (Phi) is 6.28. The molecule has 0 unspecified atom stereocenters. The number of amides is 1. The molecule has 1 amide bonds. The number of nitrogens with zero attached hydrogens (tertiary/aromatic N) is 3. The number of anilines is 1. The van der Waals surface area contributed by atoms with E-state index in [4.69, 9.17) is 4.74 Å². The van der Waals surface area contributed by atoms with E-state index in [1.54, 1.807) is 10.9 Å². The molecule has 0 fully saturated rings. The van der Waals surface area contributed by atoms with Crippen molar-refractivity contribution < 1.29 is 22.7 Å². The van der Waals surface area contributed by atoms with Crippen LogP contribution in [0.25, 0.3) is 0 Å². The molecule has 5 nitrogen and oxygen atoms in total. The highest BCUT2D eigenvalue weighted by molar-refractivity contribution is 14.1. The Morgan fingerprint density at radius 1 is 1.38 bits per heavy atom. The van der Waals surface area contributed by atoms with Crippen molar-refractivity contribution in [2.75, 3.05) is 18.6 Å². The number of ether oxygens (including phenoxy) is 1. The van der Waals surface area contributed by atoms with Gasteiger partial charge in [0.05, 0.1) is 28.0 Å². The van der Waals surface area contributed by atoms with E-state index in [2.05, 4.69) is 5.10 Å². The standard InChI is InChI=1S/C16H15F3IN3O2.H2S/c1-9-7-22(15(24)14-13(20)6-21-23(9)14)11-3-4-12(16(17,18)19)10(5-11)8-25-2;/h3-6,9H,7-8H2,1-2H3;1H2/t9-;/m0./s1. The van der Waals surface area contributed by atoms with Gasteiger partial charge in [-0.3, -0.25) is 9.48 Å². The number of fused-ring (bicyclic) bond motifs is 1. The zero-order chi connectivity index (χ0) is 18.4. The number of hydrogen-bond acceptors (Lipinski definition) is 3. The molecule has 1 aliphatic rings. The number of halogens is 4. The molecule has 0 N–H and O–H groups in total. The van der Waals surface area contributed by atoms with Crippen LogP contribution in [0.4, 0.5) is 18.9 Å². The van der Waals surface area contributed by atoms with Gasteiger partial charge in [-0.1, -0.05) is 0 Å². The van der Waals surface area contributed by atoms with Gasteiger partial charge < -0.3 is 9.64 Å². The van der Waals surface area contributed by atoms with E-state index >= 15 is 0 Å². The van der Waals surface area contributed by atoms with Crippen LogP contribution in [-0.4, -0.2) is 29.3 Å². The van der Waals surface area contributed by atoms with E-state index in [0.29, 0.717) is 21.5 Å². The second-order valence-electron chi connectivity index (χ2n) is 5.82. The van der Waals surface area contributed by atoms with E-state index in [1.165, 1.54) is 24.1 Å². The minimum Gasteiger partial charge on any atom is -0.380 e. The SMILES string of the molecule is COCc1cc(N2C[C@H](C)n3ncc(I)c3C2=O)ccc1C(F)(F)F.S. The number of hydrogen-bond donors (Lipinski definition) is 0. The Bertz CT molecular complexity index is 826. The average molecular weight is 499 g/mol. The summed E-state index contributed by atoms with van der Waals surface area (Å²) in [5.41, 5.74) is 0.115. The molecule has 1 aromatic heterocycles. The van der Waals surface area contributed by atoms with E-state index < -0.39 is 11.7 Å². The van der Waals surface area contributed by atoms with Gasteiger partial charge in [-0.2, -0.15) is 31.8 Å². The lowest BCUT2D eigenvalue weighted by atomic mass is 10.0. The highest BCUT2D eigenvalue weighted by Crippen LogP contribution is 2.36. The Morgan fingerprint density at radius 2 is 2.08 bits per heavy atom. The maximum Gasteiger partial charge on any atom is 0.416 e. The maximum absolute atomic E-state index is 13.1. The largest absolute Gasteiger partial charge is 0.416 e. The molecule has 0 spiro atoms. The Hall–Kier alpha value is -1.27. The summed E-state index contributed by atoms with van der Waals surface area (Å²) in [7, 11) is 1.34. The molecule has 2 heterocycles. The van der Waals surface area contributed by atoms with Crippen LogP contribution >= 0.6 is 36.1 Å². The quantitative estimate of drug-likeness (QED) is 0.601. The van der Waals surface area contributed by atoms with Crippen LogP contribution in [0.3, 0.4) is 0 Å². The molecule has 0 saturated heterocycles. The lowest BCUT2D eigenvalue weighted by molar-refractivity contribution is -0.138. The van der Waals surface area contributed by atoms with Crippen LogP contribution in [0.15, 0.2) is 24.4 Å². The fourth-order valence-electron chi connectivity index (χ4n) is 2.95. The molecule has 0 aliphatic carbocycles. The van der Waals surface area contributed by atoms with Crippen LogP contribution < -0.4 is 4.90 Å². The summed E-state index contributed by atoms with van der Waals surface area (Å²) in [5.74, 6) is -0.275. The summed E-state index contributed by atoms with van der Waals surface area (Å²) in [4.78, 5) is 14.3. The normalized spacial score (nSPS) is 17.1. The minimum absolute atomic E-state index is 0. The number of carbonyl (C=O) groups excluding carboxylic acids is 1. The van der Waals surface area contributed by atoms with Crippen LogP contribution in [-0.2, 0) is 17.5 Å². The third-order valence-corrected chi connectivity index (χ3v) is 4.86. The molecule has 10 heteroatoms. The van der Waals surface area contributed by atoms with Gasteiger partial charge in [0.25, 0.3) is 5.91 Å². The van der Waals surface area contributed by atoms with Gasteiger partial charge in [0.15, 0.2) is 0 Å². The van der Waals surface area contributed by atoms with Gasteiger partial charge in [0, 0.05) is 19.3 Å². The van der Waals surface area contributed by atoms with Crippen molar-refractivity contribution in [3.05, 3.63) is 44.8 Å². The maximum atomic E-state index is 13.1. The first-order valence-electron chi connectivity index (χ1n) is 7.48. The van der Waals surface area contributed by atoms with Crippen LogP contribution in [0.2, 0.25) is 0 Å². The second kappa shape index (κ2) is 7.77. The van der Waals surface area contributed by atoms with Crippen molar-refractivity contribution in [3.63, 3.8) is 0 Å². The predicted octanol–water partition coefficient (Wildman–Crippen LogP) is 3.99. The summed E-state index contributed by atoms with van der Waals surface area (Å²) in [6, 6.07) is 3.62. The Balaban J connectivity index is 0.00000243.